The number of carbonyl (C=O) groups excluding carboxylic acids is 1. The average molecular weight is 494 g/mol. The number of nitrogens with two attached hydrogens (primary N) is 1. The molecule has 3 aromatic rings. The van der Waals surface area contributed by atoms with Gasteiger partial charge in [0.05, 0.1) is 14.2 Å². The molecule has 0 radical (unpaired) electrons. The molecule has 3 rings (SSSR count). The maximum absolute atomic E-state index is 11.0. The standard InChI is InChI=1S/C28H35NO5Si/c1-31-24-14-8-21(9-15-24)28(33-3,22-10-16-25(32-2)17-11-22)23-12-18-26(19-13-23)35(4,5)34-20-6-7-27(29)30/h8-19H,6-7,20H2,1-5H3,(H2,29,30). The summed E-state index contributed by atoms with van der Waals surface area (Å²) >= 11 is 0. The second kappa shape index (κ2) is 11.5. The van der Waals surface area contributed by atoms with Crippen molar-refractivity contribution in [3.63, 3.8) is 0 Å². The maximum Gasteiger partial charge on any atom is 0.218 e. The molecule has 35 heavy (non-hydrogen) atoms. The van der Waals surface area contributed by atoms with Crippen molar-refractivity contribution in [1.82, 2.24) is 0 Å². The van der Waals surface area contributed by atoms with E-state index in [-0.39, 0.29) is 5.91 Å². The van der Waals surface area contributed by atoms with Crippen molar-refractivity contribution in [2.75, 3.05) is 27.9 Å². The highest BCUT2D eigenvalue weighted by Gasteiger charge is 2.37. The third-order valence-electron chi connectivity index (χ3n) is 6.32. The largest absolute Gasteiger partial charge is 0.497 e. The van der Waals surface area contributed by atoms with E-state index >= 15 is 0 Å². The first-order chi connectivity index (χ1) is 16.8. The Kier molecular flexibility index (Phi) is 8.72. The lowest BCUT2D eigenvalue weighted by Crippen LogP contribution is -2.45. The molecule has 0 unspecified atom stereocenters. The highest BCUT2D eigenvalue weighted by molar-refractivity contribution is 6.84. The molecule has 7 heteroatoms. The number of ether oxygens (including phenoxy) is 3. The van der Waals surface area contributed by atoms with E-state index < -0.39 is 13.9 Å². The van der Waals surface area contributed by atoms with Crippen LogP contribution in [-0.4, -0.2) is 42.2 Å². The summed E-state index contributed by atoms with van der Waals surface area (Å²) in [6, 6.07) is 24.3. The Balaban J connectivity index is 2.00. The van der Waals surface area contributed by atoms with E-state index in [9.17, 15) is 4.79 Å². The predicted molar refractivity (Wildman–Crippen MR) is 141 cm³/mol. The zero-order chi connectivity index (χ0) is 25.5. The molecule has 1 amide bonds. The van der Waals surface area contributed by atoms with Crippen molar-refractivity contribution in [2.45, 2.75) is 31.5 Å². The van der Waals surface area contributed by atoms with Crippen LogP contribution in [0, 0.1) is 0 Å². The van der Waals surface area contributed by atoms with E-state index in [0.717, 1.165) is 33.4 Å². The van der Waals surface area contributed by atoms with Crippen LogP contribution >= 0.6 is 0 Å². The van der Waals surface area contributed by atoms with E-state index in [4.69, 9.17) is 24.4 Å². The molecule has 0 aliphatic carbocycles. The molecule has 0 aliphatic rings. The van der Waals surface area contributed by atoms with Gasteiger partial charge < -0.3 is 24.4 Å². The van der Waals surface area contributed by atoms with Crippen molar-refractivity contribution in [2.24, 2.45) is 5.73 Å². The summed E-state index contributed by atoms with van der Waals surface area (Å²) < 4.78 is 23.3. The van der Waals surface area contributed by atoms with Crippen molar-refractivity contribution >= 4 is 19.4 Å². The molecule has 0 fully saturated rings. The second-order valence-corrected chi connectivity index (χ2v) is 12.7. The second-order valence-electron chi connectivity index (χ2n) is 8.85. The Bertz CT molecular complexity index is 1050. The van der Waals surface area contributed by atoms with E-state index in [0.29, 0.717) is 19.4 Å². The lowest BCUT2D eigenvalue weighted by molar-refractivity contribution is -0.118. The zero-order valence-electron chi connectivity index (χ0n) is 21.2. The maximum atomic E-state index is 11.0. The van der Waals surface area contributed by atoms with Gasteiger partial charge in [0.25, 0.3) is 0 Å². The molecule has 0 aliphatic heterocycles. The molecule has 186 valence electrons. The molecule has 0 saturated carbocycles. The molecule has 0 saturated heterocycles. The Morgan fingerprint density at radius 1 is 0.771 bits per heavy atom. The first-order valence-corrected chi connectivity index (χ1v) is 14.5. The number of hydrogen-bond donors (Lipinski definition) is 1. The number of methoxy groups -OCH3 is 3. The van der Waals surface area contributed by atoms with Crippen LogP contribution in [0.25, 0.3) is 0 Å². The highest BCUT2D eigenvalue weighted by Crippen LogP contribution is 2.41. The Hall–Kier alpha value is -3.13. The van der Waals surface area contributed by atoms with Gasteiger partial charge in [-0.25, -0.2) is 0 Å². The van der Waals surface area contributed by atoms with Gasteiger partial charge in [-0.1, -0.05) is 48.5 Å². The van der Waals surface area contributed by atoms with E-state index in [1.165, 1.54) is 0 Å². The van der Waals surface area contributed by atoms with Gasteiger partial charge in [-0.15, -0.1) is 0 Å². The number of carbonyl (C=O) groups is 1. The number of amides is 1. The third kappa shape index (κ3) is 5.93. The Morgan fingerprint density at radius 2 is 1.20 bits per heavy atom. The van der Waals surface area contributed by atoms with Crippen LogP contribution in [0.5, 0.6) is 11.5 Å². The van der Waals surface area contributed by atoms with Gasteiger partial charge in [0.2, 0.25) is 14.2 Å². The predicted octanol–water partition coefficient (Wildman–Crippen LogP) is 4.34. The van der Waals surface area contributed by atoms with Crippen molar-refractivity contribution in [1.29, 1.82) is 0 Å². The third-order valence-corrected chi connectivity index (χ3v) is 8.97. The summed E-state index contributed by atoms with van der Waals surface area (Å²) in [6.45, 7) is 4.83. The zero-order valence-corrected chi connectivity index (χ0v) is 22.2. The summed E-state index contributed by atoms with van der Waals surface area (Å²) in [7, 11) is 2.88. The van der Waals surface area contributed by atoms with Crippen LogP contribution in [-0.2, 0) is 19.6 Å². The van der Waals surface area contributed by atoms with Gasteiger partial charge in [0, 0.05) is 20.1 Å². The van der Waals surface area contributed by atoms with Crippen LogP contribution < -0.4 is 20.4 Å². The van der Waals surface area contributed by atoms with Crippen molar-refractivity contribution < 1.29 is 23.4 Å². The summed E-state index contributed by atoms with van der Waals surface area (Å²) in [4.78, 5) is 11.0. The minimum absolute atomic E-state index is 0.301. The Labute approximate surface area is 209 Å². The fourth-order valence-electron chi connectivity index (χ4n) is 4.27. The summed E-state index contributed by atoms with van der Waals surface area (Å²) in [5, 5.41) is 1.16. The number of hydrogen-bond acceptors (Lipinski definition) is 5. The van der Waals surface area contributed by atoms with Gasteiger partial charge in [-0.3, -0.25) is 4.79 Å². The van der Waals surface area contributed by atoms with E-state index in [1.807, 2.05) is 48.5 Å². The molecule has 0 spiro atoms. The normalized spacial score (nSPS) is 11.8. The monoisotopic (exact) mass is 493 g/mol. The molecule has 0 heterocycles. The minimum atomic E-state index is -2.15. The lowest BCUT2D eigenvalue weighted by Gasteiger charge is -2.35. The van der Waals surface area contributed by atoms with Gasteiger partial charge in [-0.05, 0) is 65.7 Å². The molecular weight excluding hydrogens is 458 g/mol. The van der Waals surface area contributed by atoms with E-state index in [1.54, 1.807) is 21.3 Å². The van der Waals surface area contributed by atoms with Crippen LogP contribution in [0.4, 0.5) is 0 Å². The summed E-state index contributed by atoms with van der Waals surface area (Å²) in [5.74, 6) is 1.26. The van der Waals surface area contributed by atoms with Crippen molar-refractivity contribution in [3.8, 4) is 11.5 Å². The fraction of sp³-hybridized carbons (Fsp3) is 0.321. The highest BCUT2D eigenvalue weighted by atomic mass is 28.4. The molecule has 0 aromatic heterocycles. The number of benzene rings is 3. The van der Waals surface area contributed by atoms with Gasteiger partial charge in [0.15, 0.2) is 0 Å². The molecule has 6 nitrogen and oxygen atoms in total. The smallest absolute Gasteiger partial charge is 0.218 e. The topological polar surface area (TPSA) is 80.0 Å². The number of primary amides is 1. The molecular formula is C28H35NO5Si. The Morgan fingerprint density at radius 3 is 1.57 bits per heavy atom. The summed E-state index contributed by atoms with van der Waals surface area (Å²) in [5.41, 5.74) is 7.38. The van der Waals surface area contributed by atoms with E-state index in [2.05, 4.69) is 37.4 Å². The SMILES string of the molecule is COc1ccc(C(OC)(c2ccc(OC)cc2)c2ccc([Si](C)(C)OCCCC(N)=O)cc2)cc1. The van der Waals surface area contributed by atoms with Crippen LogP contribution in [0.15, 0.2) is 72.8 Å². The summed E-state index contributed by atoms with van der Waals surface area (Å²) in [6.07, 6.45) is 0.967. The average Bonchev–Trinajstić information content (AvgIpc) is 2.88. The fourth-order valence-corrected chi connectivity index (χ4v) is 6.06. The van der Waals surface area contributed by atoms with Gasteiger partial charge >= 0.3 is 0 Å². The quantitative estimate of drug-likeness (QED) is 0.231. The lowest BCUT2D eigenvalue weighted by atomic mass is 9.80. The van der Waals surface area contributed by atoms with Crippen LogP contribution in [0.2, 0.25) is 13.1 Å². The molecule has 0 bridgehead atoms. The van der Waals surface area contributed by atoms with Crippen molar-refractivity contribution in [3.05, 3.63) is 89.5 Å². The number of rotatable bonds is 12. The molecule has 3 aromatic carbocycles. The van der Waals surface area contributed by atoms with Gasteiger partial charge in [0.1, 0.15) is 17.1 Å². The van der Waals surface area contributed by atoms with Gasteiger partial charge in [-0.2, -0.15) is 0 Å². The first kappa shape index (κ1) is 26.5. The van der Waals surface area contributed by atoms with Crippen LogP contribution in [0.3, 0.4) is 0 Å². The van der Waals surface area contributed by atoms with Crippen LogP contribution in [0.1, 0.15) is 29.5 Å². The first-order valence-electron chi connectivity index (χ1n) is 11.6. The molecule has 2 N–H and O–H groups in total. The molecule has 0 atom stereocenters. The minimum Gasteiger partial charge on any atom is -0.497 e.